The Bertz CT molecular complexity index is 441. The predicted molar refractivity (Wildman–Crippen MR) is 92.1 cm³/mol. The fourth-order valence-corrected chi connectivity index (χ4v) is 3.51. The zero-order valence-electron chi connectivity index (χ0n) is 13.0. The summed E-state index contributed by atoms with van der Waals surface area (Å²) in [6.45, 7) is 6.58. The van der Waals surface area contributed by atoms with Gasteiger partial charge < -0.3 is 10.6 Å². The summed E-state index contributed by atoms with van der Waals surface area (Å²) in [6.07, 6.45) is 3.47. The number of amides is 1. The van der Waals surface area contributed by atoms with E-state index in [0.29, 0.717) is 16.9 Å². The Morgan fingerprint density at radius 2 is 2.00 bits per heavy atom. The smallest absolute Gasteiger partial charge is 0.234 e. The van der Waals surface area contributed by atoms with Crippen LogP contribution in [0.15, 0.2) is 24.3 Å². The molecule has 116 valence electrons. The third-order valence-electron chi connectivity index (χ3n) is 4.11. The van der Waals surface area contributed by atoms with Gasteiger partial charge in [-0.1, -0.05) is 26.0 Å². The van der Waals surface area contributed by atoms with Crippen molar-refractivity contribution < 1.29 is 4.79 Å². The summed E-state index contributed by atoms with van der Waals surface area (Å²) in [5.41, 5.74) is 2.23. The molecular formula is C17H26N2OS. The number of rotatable bonds is 6. The highest BCUT2D eigenvalue weighted by Gasteiger charge is 2.15. The molecule has 1 amide bonds. The SMILES string of the molecule is CCC(C)c1ccc(NC(=O)CSC2CCNCC2)cc1. The van der Waals surface area contributed by atoms with Crippen LogP contribution in [0.4, 0.5) is 5.69 Å². The molecule has 2 N–H and O–H groups in total. The number of nitrogens with one attached hydrogen (secondary N) is 2. The van der Waals surface area contributed by atoms with Gasteiger partial charge in [-0.15, -0.1) is 11.8 Å². The van der Waals surface area contributed by atoms with Gasteiger partial charge >= 0.3 is 0 Å². The molecule has 1 aromatic rings. The number of hydrogen-bond acceptors (Lipinski definition) is 3. The van der Waals surface area contributed by atoms with Crippen molar-refractivity contribution in [2.24, 2.45) is 0 Å². The molecule has 0 bridgehead atoms. The highest BCUT2D eigenvalue weighted by Crippen LogP contribution is 2.22. The summed E-state index contributed by atoms with van der Waals surface area (Å²) in [6, 6.07) is 8.25. The van der Waals surface area contributed by atoms with E-state index in [1.165, 1.54) is 18.4 Å². The number of benzene rings is 1. The molecule has 3 nitrogen and oxygen atoms in total. The van der Waals surface area contributed by atoms with E-state index < -0.39 is 0 Å². The largest absolute Gasteiger partial charge is 0.325 e. The predicted octanol–water partition coefficient (Wildman–Crippen LogP) is 3.62. The lowest BCUT2D eigenvalue weighted by Crippen LogP contribution is -2.30. The van der Waals surface area contributed by atoms with E-state index in [0.717, 1.165) is 25.2 Å². The van der Waals surface area contributed by atoms with Gasteiger partial charge in [-0.05, 0) is 56.0 Å². The maximum Gasteiger partial charge on any atom is 0.234 e. The summed E-state index contributed by atoms with van der Waals surface area (Å²) in [5.74, 6) is 1.23. The van der Waals surface area contributed by atoms with E-state index in [-0.39, 0.29) is 5.91 Å². The van der Waals surface area contributed by atoms with Crippen molar-refractivity contribution in [3.63, 3.8) is 0 Å². The summed E-state index contributed by atoms with van der Waals surface area (Å²) in [4.78, 5) is 12.0. The molecule has 0 aliphatic carbocycles. The molecule has 4 heteroatoms. The first-order valence-corrected chi connectivity index (χ1v) is 8.96. The normalized spacial score (nSPS) is 17.4. The topological polar surface area (TPSA) is 41.1 Å². The van der Waals surface area contributed by atoms with Crippen molar-refractivity contribution in [3.05, 3.63) is 29.8 Å². The highest BCUT2D eigenvalue weighted by molar-refractivity contribution is 8.00. The lowest BCUT2D eigenvalue weighted by molar-refractivity contribution is -0.113. The van der Waals surface area contributed by atoms with E-state index in [4.69, 9.17) is 0 Å². The quantitative estimate of drug-likeness (QED) is 0.843. The van der Waals surface area contributed by atoms with E-state index in [1.807, 2.05) is 12.1 Å². The van der Waals surface area contributed by atoms with Gasteiger partial charge in [-0.3, -0.25) is 4.79 Å². The van der Waals surface area contributed by atoms with Crippen molar-refractivity contribution in [1.29, 1.82) is 0 Å². The molecule has 1 atom stereocenters. The van der Waals surface area contributed by atoms with Gasteiger partial charge in [0.2, 0.25) is 5.91 Å². The van der Waals surface area contributed by atoms with Crippen LogP contribution in [-0.2, 0) is 4.79 Å². The minimum atomic E-state index is 0.106. The molecular weight excluding hydrogens is 280 g/mol. The van der Waals surface area contributed by atoms with Gasteiger partial charge in [0.15, 0.2) is 0 Å². The van der Waals surface area contributed by atoms with Gasteiger partial charge in [0.1, 0.15) is 0 Å². The van der Waals surface area contributed by atoms with E-state index in [2.05, 4.69) is 36.6 Å². The molecule has 1 heterocycles. The first-order valence-electron chi connectivity index (χ1n) is 7.91. The molecule has 21 heavy (non-hydrogen) atoms. The molecule has 1 fully saturated rings. The number of thioether (sulfide) groups is 1. The Balaban J connectivity index is 1.76. The summed E-state index contributed by atoms with van der Waals surface area (Å²) in [7, 11) is 0. The third kappa shape index (κ3) is 5.36. The zero-order chi connectivity index (χ0) is 15.1. The maximum absolute atomic E-state index is 12.0. The van der Waals surface area contributed by atoms with Crippen LogP contribution >= 0.6 is 11.8 Å². The average molecular weight is 306 g/mol. The van der Waals surface area contributed by atoms with Crippen molar-refractivity contribution >= 4 is 23.4 Å². The van der Waals surface area contributed by atoms with Crippen LogP contribution in [-0.4, -0.2) is 30.0 Å². The van der Waals surface area contributed by atoms with Crippen molar-refractivity contribution in [3.8, 4) is 0 Å². The lowest BCUT2D eigenvalue weighted by Gasteiger charge is -2.21. The maximum atomic E-state index is 12.0. The Morgan fingerprint density at radius 1 is 1.33 bits per heavy atom. The third-order valence-corrected chi connectivity index (χ3v) is 5.48. The zero-order valence-corrected chi connectivity index (χ0v) is 13.8. The molecule has 1 unspecified atom stereocenters. The number of hydrogen-bond donors (Lipinski definition) is 2. The van der Waals surface area contributed by atoms with Crippen LogP contribution in [0.25, 0.3) is 0 Å². The Kier molecular flexibility index (Phi) is 6.58. The van der Waals surface area contributed by atoms with Gasteiger partial charge in [0, 0.05) is 10.9 Å². The van der Waals surface area contributed by atoms with Crippen LogP contribution in [0.3, 0.4) is 0 Å². The summed E-state index contributed by atoms with van der Waals surface area (Å²) < 4.78 is 0. The molecule has 1 aliphatic heterocycles. The molecule has 0 saturated carbocycles. The monoisotopic (exact) mass is 306 g/mol. The second-order valence-electron chi connectivity index (χ2n) is 5.74. The molecule has 0 spiro atoms. The standard InChI is InChI=1S/C17H26N2OS/c1-3-13(2)14-4-6-15(7-5-14)19-17(20)12-21-16-8-10-18-11-9-16/h4-7,13,16,18H,3,8-12H2,1-2H3,(H,19,20). The molecule has 0 radical (unpaired) electrons. The minimum absolute atomic E-state index is 0.106. The van der Waals surface area contributed by atoms with E-state index in [9.17, 15) is 4.79 Å². The van der Waals surface area contributed by atoms with Crippen molar-refractivity contribution in [2.75, 3.05) is 24.2 Å². The fourth-order valence-electron chi connectivity index (χ4n) is 2.48. The molecule has 1 saturated heterocycles. The summed E-state index contributed by atoms with van der Waals surface area (Å²) in [5, 5.41) is 6.97. The Morgan fingerprint density at radius 3 is 2.62 bits per heavy atom. The van der Waals surface area contributed by atoms with E-state index >= 15 is 0 Å². The van der Waals surface area contributed by atoms with Crippen molar-refractivity contribution in [2.45, 2.75) is 44.3 Å². The number of piperidine rings is 1. The summed E-state index contributed by atoms with van der Waals surface area (Å²) >= 11 is 1.78. The van der Waals surface area contributed by atoms with E-state index in [1.54, 1.807) is 11.8 Å². The van der Waals surface area contributed by atoms with Gasteiger partial charge in [-0.2, -0.15) is 0 Å². The first kappa shape index (κ1) is 16.4. The lowest BCUT2D eigenvalue weighted by atomic mass is 9.99. The average Bonchev–Trinajstić information content (AvgIpc) is 2.54. The van der Waals surface area contributed by atoms with Gasteiger partial charge in [0.05, 0.1) is 5.75 Å². The van der Waals surface area contributed by atoms with Crippen LogP contribution in [0.5, 0.6) is 0 Å². The van der Waals surface area contributed by atoms with Crippen LogP contribution in [0.1, 0.15) is 44.6 Å². The second-order valence-corrected chi connectivity index (χ2v) is 7.03. The Hall–Kier alpha value is -1.00. The molecule has 1 aliphatic rings. The Labute approximate surface area is 132 Å². The number of carbonyl (C=O) groups excluding carboxylic acids is 1. The minimum Gasteiger partial charge on any atom is -0.325 e. The van der Waals surface area contributed by atoms with Crippen LogP contribution in [0.2, 0.25) is 0 Å². The van der Waals surface area contributed by atoms with Gasteiger partial charge in [-0.25, -0.2) is 0 Å². The molecule has 2 rings (SSSR count). The number of anilines is 1. The number of carbonyl (C=O) groups is 1. The van der Waals surface area contributed by atoms with Crippen LogP contribution < -0.4 is 10.6 Å². The fraction of sp³-hybridized carbons (Fsp3) is 0.588. The highest BCUT2D eigenvalue weighted by atomic mass is 32.2. The molecule has 0 aromatic heterocycles. The first-order chi connectivity index (χ1) is 10.2. The van der Waals surface area contributed by atoms with Crippen molar-refractivity contribution in [1.82, 2.24) is 5.32 Å². The van der Waals surface area contributed by atoms with Gasteiger partial charge in [0.25, 0.3) is 0 Å². The van der Waals surface area contributed by atoms with Crippen LogP contribution in [0, 0.1) is 0 Å². The molecule has 1 aromatic carbocycles. The second kappa shape index (κ2) is 8.44.